The van der Waals surface area contributed by atoms with E-state index in [4.69, 9.17) is 5.73 Å². The molecule has 0 saturated heterocycles. The highest BCUT2D eigenvalue weighted by Crippen LogP contribution is 2.10. The zero-order valence-corrected chi connectivity index (χ0v) is 9.01. The van der Waals surface area contributed by atoms with Gasteiger partial charge in [0.15, 0.2) is 0 Å². The van der Waals surface area contributed by atoms with Crippen molar-refractivity contribution in [2.45, 2.75) is 39.2 Å². The van der Waals surface area contributed by atoms with Crippen LogP contribution >= 0.6 is 0 Å². The molecule has 0 saturated carbocycles. The quantitative estimate of drug-likeness (QED) is 0.661. The molecule has 0 radical (unpaired) electrons. The Morgan fingerprint density at radius 1 is 1.25 bits per heavy atom. The van der Waals surface area contributed by atoms with Gasteiger partial charge in [0, 0.05) is 6.04 Å². The van der Waals surface area contributed by atoms with Gasteiger partial charge in [0.2, 0.25) is 0 Å². The lowest BCUT2D eigenvalue weighted by Gasteiger charge is -2.20. The maximum absolute atomic E-state index is 6.00. The van der Waals surface area contributed by atoms with Crippen LogP contribution in [0.5, 0.6) is 0 Å². The van der Waals surface area contributed by atoms with E-state index in [-0.39, 0.29) is 0 Å². The van der Waals surface area contributed by atoms with Crippen molar-refractivity contribution in [3.8, 4) is 0 Å². The van der Waals surface area contributed by atoms with Crippen molar-refractivity contribution in [2.75, 3.05) is 20.6 Å². The average Bonchev–Trinajstić information content (AvgIpc) is 2.00. The lowest BCUT2D eigenvalue weighted by Crippen LogP contribution is -2.30. The predicted octanol–water partition coefficient (Wildman–Crippen LogP) is 1.70. The van der Waals surface area contributed by atoms with E-state index >= 15 is 0 Å². The van der Waals surface area contributed by atoms with Crippen molar-refractivity contribution in [3.05, 3.63) is 0 Å². The van der Waals surface area contributed by atoms with Crippen LogP contribution in [0.15, 0.2) is 0 Å². The van der Waals surface area contributed by atoms with Crippen LogP contribution in [-0.2, 0) is 0 Å². The van der Waals surface area contributed by atoms with Gasteiger partial charge in [-0.2, -0.15) is 0 Å². The summed E-state index contributed by atoms with van der Waals surface area (Å²) in [5.41, 5.74) is 6.00. The standard InChI is InChI=1S/C10H24N2/c1-5-6-10(11)9(2)7-8-12(3)4/h9-10H,5-8,11H2,1-4H3. The maximum Gasteiger partial charge on any atom is 0.00649 e. The molecule has 2 unspecified atom stereocenters. The molecule has 0 aliphatic heterocycles. The SMILES string of the molecule is CCCC(N)C(C)CCN(C)C. The van der Waals surface area contributed by atoms with Crippen LogP contribution in [0.25, 0.3) is 0 Å². The number of nitrogens with two attached hydrogens (primary N) is 1. The molecule has 0 aliphatic carbocycles. The Hall–Kier alpha value is -0.0800. The Labute approximate surface area is 77.1 Å². The molecule has 0 bridgehead atoms. The van der Waals surface area contributed by atoms with E-state index in [0.717, 1.165) is 13.0 Å². The van der Waals surface area contributed by atoms with E-state index < -0.39 is 0 Å². The summed E-state index contributed by atoms with van der Waals surface area (Å²) in [6.07, 6.45) is 3.58. The summed E-state index contributed by atoms with van der Waals surface area (Å²) >= 11 is 0. The maximum atomic E-state index is 6.00. The molecule has 0 spiro atoms. The van der Waals surface area contributed by atoms with Gasteiger partial charge in [-0.15, -0.1) is 0 Å². The minimum Gasteiger partial charge on any atom is -0.327 e. The van der Waals surface area contributed by atoms with E-state index in [1.165, 1.54) is 12.8 Å². The minimum atomic E-state index is 0.398. The highest BCUT2D eigenvalue weighted by molar-refractivity contribution is 4.69. The third kappa shape index (κ3) is 5.56. The lowest BCUT2D eigenvalue weighted by molar-refractivity contribution is 0.325. The van der Waals surface area contributed by atoms with Gasteiger partial charge in [-0.05, 0) is 39.4 Å². The highest BCUT2D eigenvalue weighted by Gasteiger charge is 2.11. The first kappa shape index (κ1) is 11.9. The first-order chi connectivity index (χ1) is 5.57. The molecule has 0 aromatic heterocycles. The zero-order chi connectivity index (χ0) is 9.56. The number of nitrogens with zero attached hydrogens (tertiary/aromatic N) is 1. The van der Waals surface area contributed by atoms with Crippen molar-refractivity contribution >= 4 is 0 Å². The van der Waals surface area contributed by atoms with Gasteiger partial charge in [0.1, 0.15) is 0 Å². The fraction of sp³-hybridized carbons (Fsp3) is 1.00. The van der Waals surface area contributed by atoms with Gasteiger partial charge >= 0.3 is 0 Å². The monoisotopic (exact) mass is 172 g/mol. The van der Waals surface area contributed by atoms with E-state index in [1.54, 1.807) is 0 Å². The Morgan fingerprint density at radius 2 is 1.83 bits per heavy atom. The normalized spacial score (nSPS) is 16.5. The third-order valence-corrected chi connectivity index (χ3v) is 2.38. The second-order valence-electron chi connectivity index (χ2n) is 4.02. The number of rotatable bonds is 6. The first-order valence-corrected chi connectivity index (χ1v) is 4.98. The summed E-state index contributed by atoms with van der Waals surface area (Å²) < 4.78 is 0. The average molecular weight is 172 g/mol. The Kier molecular flexibility index (Phi) is 6.39. The van der Waals surface area contributed by atoms with Crippen molar-refractivity contribution < 1.29 is 0 Å². The second kappa shape index (κ2) is 6.44. The molecule has 0 aromatic carbocycles. The van der Waals surface area contributed by atoms with E-state index in [1.807, 2.05) is 0 Å². The largest absolute Gasteiger partial charge is 0.327 e. The van der Waals surface area contributed by atoms with Crippen LogP contribution in [0.4, 0.5) is 0 Å². The highest BCUT2D eigenvalue weighted by atomic mass is 15.0. The second-order valence-corrected chi connectivity index (χ2v) is 4.02. The molecular weight excluding hydrogens is 148 g/mol. The summed E-state index contributed by atoms with van der Waals surface area (Å²) in [4.78, 5) is 2.22. The molecule has 0 rings (SSSR count). The molecule has 0 aliphatic rings. The molecule has 0 heterocycles. The topological polar surface area (TPSA) is 29.3 Å². The molecule has 2 atom stereocenters. The smallest absolute Gasteiger partial charge is 0.00649 e. The number of hydrogen-bond donors (Lipinski definition) is 1. The molecule has 74 valence electrons. The summed E-state index contributed by atoms with van der Waals surface area (Å²) in [6, 6.07) is 0.398. The van der Waals surface area contributed by atoms with E-state index in [2.05, 4.69) is 32.8 Å². The summed E-state index contributed by atoms with van der Waals surface area (Å²) in [5, 5.41) is 0. The van der Waals surface area contributed by atoms with Crippen molar-refractivity contribution in [2.24, 2.45) is 11.7 Å². The predicted molar refractivity (Wildman–Crippen MR) is 55.2 cm³/mol. The fourth-order valence-electron chi connectivity index (χ4n) is 1.29. The third-order valence-electron chi connectivity index (χ3n) is 2.38. The van der Waals surface area contributed by atoms with Crippen LogP contribution in [0.2, 0.25) is 0 Å². The van der Waals surface area contributed by atoms with Crippen LogP contribution in [0, 0.1) is 5.92 Å². The lowest BCUT2D eigenvalue weighted by atomic mass is 9.95. The molecule has 0 aromatic rings. The number of hydrogen-bond acceptors (Lipinski definition) is 2. The van der Waals surface area contributed by atoms with Gasteiger partial charge in [0.25, 0.3) is 0 Å². The van der Waals surface area contributed by atoms with E-state index in [0.29, 0.717) is 12.0 Å². The molecule has 2 nitrogen and oxygen atoms in total. The summed E-state index contributed by atoms with van der Waals surface area (Å²) in [5.74, 6) is 0.660. The summed E-state index contributed by atoms with van der Waals surface area (Å²) in [7, 11) is 4.22. The fourth-order valence-corrected chi connectivity index (χ4v) is 1.29. The Bertz CT molecular complexity index is 102. The van der Waals surface area contributed by atoms with Gasteiger partial charge in [-0.25, -0.2) is 0 Å². The first-order valence-electron chi connectivity index (χ1n) is 4.98. The Balaban J connectivity index is 3.49. The molecule has 0 fully saturated rings. The van der Waals surface area contributed by atoms with Crippen LogP contribution in [0.3, 0.4) is 0 Å². The van der Waals surface area contributed by atoms with Crippen LogP contribution < -0.4 is 5.73 Å². The Morgan fingerprint density at radius 3 is 2.25 bits per heavy atom. The van der Waals surface area contributed by atoms with Crippen LogP contribution in [-0.4, -0.2) is 31.6 Å². The molecule has 12 heavy (non-hydrogen) atoms. The van der Waals surface area contributed by atoms with Gasteiger partial charge in [-0.1, -0.05) is 20.3 Å². The van der Waals surface area contributed by atoms with Crippen molar-refractivity contribution in [3.63, 3.8) is 0 Å². The molecular formula is C10H24N2. The van der Waals surface area contributed by atoms with Gasteiger partial charge in [0.05, 0.1) is 0 Å². The molecule has 2 N–H and O–H groups in total. The minimum absolute atomic E-state index is 0.398. The van der Waals surface area contributed by atoms with Gasteiger partial charge < -0.3 is 10.6 Å². The van der Waals surface area contributed by atoms with Crippen molar-refractivity contribution in [1.29, 1.82) is 0 Å². The zero-order valence-electron chi connectivity index (χ0n) is 9.01. The molecule has 0 amide bonds. The van der Waals surface area contributed by atoms with Crippen molar-refractivity contribution in [1.82, 2.24) is 4.90 Å². The van der Waals surface area contributed by atoms with Gasteiger partial charge in [-0.3, -0.25) is 0 Å². The van der Waals surface area contributed by atoms with Crippen LogP contribution in [0.1, 0.15) is 33.1 Å². The molecule has 2 heteroatoms. The van der Waals surface area contributed by atoms with E-state index in [9.17, 15) is 0 Å². The summed E-state index contributed by atoms with van der Waals surface area (Å²) in [6.45, 7) is 5.60.